The van der Waals surface area contributed by atoms with Gasteiger partial charge in [-0.25, -0.2) is 0 Å². The van der Waals surface area contributed by atoms with Gasteiger partial charge in [-0.3, -0.25) is 0 Å². The Morgan fingerprint density at radius 2 is 2.35 bits per heavy atom. The van der Waals surface area contributed by atoms with E-state index in [0.29, 0.717) is 12.5 Å². The fourth-order valence-electron chi connectivity index (χ4n) is 2.99. The quantitative estimate of drug-likeness (QED) is 0.833. The number of piperidine rings is 1. The normalized spacial score (nSPS) is 21.6. The summed E-state index contributed by atoms with van der Waals surface area (Å²) < 4.78 is 5.21. The lowest BCUT2D eigenvalue weighted by Crippen LogP contribution is -2.38. The first-order valence-electron chi connectivity index (χ1n) is 7.47. The molecule has 1 heterocycles. The molecule has 0 saturated carbocycles. The Balaban J connectivity index is 1.91. The average Bonchev–Trinajstić information content (AvgIpc) is 2.48. The molecule has 20 heavy (non-hydrogen) atoms. The minimum absolute atomic E-state index is 0.457. The first kappa shape index (κ1) is 15.3. The van der Waals surface area contributed by atoms with Gasteiger partial charge in [0.1, 0.15) is 5.75 Å². The van der Waals surface area contributed by atoms with Crippen molar-refractivity contribution >= 4 is 0 Å². The lowest BCUT2D eigenvalue weighted by Gasteiger charge is -2.33. The summed E-state index contributed by atoms with van der Waals surface area (Å²) in [5.74, 6) is 1.48. The summed E-state index contributed by atoms with van der Waals surface area (Å²) in [5.41, 5.74) is 6.57. The third-order valence-electron chi connectivity index (χ3n) is 4.09. The van der Waals surface area contributed by atoms with Crippen LogP contribution in [0.3, 0.4) is 0 Å². The zero-order valence-electron chi connectivity index (χ0n) is 12.3. The maximum absolute atomic E-state index is 10.4. The number of hydrogen-bond acceptors (Lipinski definition) is 4. The standard InChI is InChI=1S/C16H26N2O2/c1-20-15-6-2-5-14(10-15)16(19)12-18-9-3-4-13(11-18)7-8-17/h2,5-6,10,13,16,19H,3-4,7-9,11-12,17H2,1H3. The topological polar surface area (TPSA) is 58.7 Å². The molecular formula is C16H26N2O2. The molecule has 4 nitrogen and oxygen atoms in total. The predicted molar refractivity (Wildman–Crippen MR) is 80.8 cm³/mol. The molecule has 3 N–H and O–H groups in total. The molecule has 2 atom stereocenters. The summed E-state index contributed by atoms with van der Waals surface area (Å²) in [7, 11) is 1.65. The van der Waals surface area contributed by atoms with E-state index < -0.39 is 6.10 Å². The van der Waals surface area contributed by atoms with Gasteiger partial charge in [-0.15, -0.1) is 0 Å². The highest BCUT2D eigenvalue weighted by atomic mass is 16.5. The molecule has 1 aliphatic rings. The number of aliphatic hydroxyl groups is 1. The van der Waals surface area contributed by atoms with Crippen LogP contribution >= 0.6 is 0 Å². The molecule has 1 aliphatic heterocycles. The predicted octanol–water partition coefficient (Wildman–Crippen LogP) is 1.79. The Labute approximate surface area is 121 Å². The highest BCUT2D eigenvalue weighted by molar-refractivity contribution is 5.29. The fourth-order valence-corrected chi connectivity index (χ4v) is 2.99. The van der Waals surface area contributed by atoms with E-state index in [0.717, 1.165) is 37.4 Å². The van der Waals surface area contributed by atoms with E-state index in [2.05, 4.69) is 4.90 Å². The summed E-state index contributed by atoms with van der Waals surface area (Å²) in [6.07, 6.45) is 3.10. The van der Waals surface area contributed by atoms with Crippen molar-refractivity contribution in [3.05, 3.63) is 29.8 Å². The number of β-amino-alcohol motifs (C(OH)–C–C–N with tert-alkyl or cyclic N) is 1. The van der Waals surface area contributed by atoms with Gasteiger partial charge >= 0.3 is 0 Å². The molecule has 0 aliphatic carbocycles. The number of likely N-dealkylation sites (tertiary alicyclic amines) is 1. The smallest absolute Gasteiger partial charge is 0.119 e. The molecule has 0 aromatic heterocycles. The number of rotatable bonds is 6. The van der Waals surface area contributed by atoms with Crippen molar-refractivity contribution in [2.75, 3.05) is 33.3 Å². The second kappa shape index (κ2) is 7.62. The first-order chi connectivity index (χ1) is 9.72. The zero-order valence-corrected chi connectivity index (χ0v) is 12.3. The van der Waals surface area contributed by atoms with E-state index in [9.17, 15) is 5.11 Å². The van der Waals surface area contributed by atoms with Gasteiger partial charge in [-0.05, 0) is 56.0 Å². The van der Waals surface area contributed by atoms with E-state index >= 15 is 0 Å². The van der Waals surface area contributed by atoms with Crippen molar-refractivity contribution < 1.29 is 9.84 Å². The third kappa shape index (κ3) is 4.20. The molecule has 0 amide bonds. The molecule has 1 saturated heterocycles. The maximum Gasteiger partial charge on any atom is 0.119 e. The average molecular weight is 278 g/mol. The highest BCUT2D eigenvalue weighted by Crippen LogP contribution is 2.23. The number of nitrogens with zero attached hydrogens (tertiary/aromatic N) is 1. The van der Waals surface area contributed by atoms with Gasteiger partial charge < -0.3 is 20.5 Å². The molecule has 112 valence electrons. The third-order valence-corrected chi connectivity index (χ3v) is 4.09. The van der Waals surface area contributed by atoms with Crippen LogP contribution in [0, 0.1) is 5.92 Å². The van der Waals surface area contributed by atoms with Crippen molar-refractivity contribution in [2.45, 2.75) is 25.4 Å². The van der Waals surface area contributed by atoms with Crippen LogP contribution in [0.5, 0.6) is 5.75 Å². The van der Waals surface area contributed by atoms with E-state index in [1.807, 2.05) is 24.3 Å². The molecule has 4 heteroatoms. The van der Waals surface area contributed by atoms with Crippen LogP contribution < -0.4 is 10.5 Å². The van der Waals surface area contributed by atoms with Crippen molar-refractivity contribution in [3.8, 4) is 5.75 Å². The molecule has 0 spiro atoms. The fraction of sp³-hybridized carbons (Fsp3) is 0.625. The summed E-state index contributed by atoms with van der Waals surface area (Å²) >= 11 is 0. The summed E-state index contributed by atoms with van der Waals surface area (Å²) in [6.45, 7) is 3.57. The minimum atomic E-state index is -0.457. The van der Waals surface area contributed by atoms with Crippen LogP contribution in [0.2, 0.25) is 0 Å². The van der Waals surface area contributed by atoms with Gasteiger partial charge in [0.15, 0.2) is 0 Å². The van der Waals surface area contributed by atoms with Crippen LogP contribution in [0.4, 0.5) is 0 Å². The van der Waals surface area contributed by atoms with Gasteiger partial charge in [0.2, 0.25) is 0 Å². The molecule has 2 rings (SSSR count). The number of hydrogen-bond donors (Lipinski definition) is 2. The summed E-state index contributed by atoms with van der Waals surface area (Å²) in [6, 6.07) is 7.68. The van der Waals surface area contributed by atoms with Crippen LogP contribution in [0.25, 0.3) is 0 Å². The first-order valence-corrected chi connectivity index (χ1v) is 7.47. The molecule has 0 bridgehead atoms. The zero-order chi connectivity index (χ0) is 14.4. The minimum Gasteiger partial charge on any atom is -0.497 e. The van der Waals surface area contributed by atoms with E-state index in [1.54, 1.807) is 7.11 Å². The van der Waals surface area contributed by atoms with Crippen LogP contribution in [-0.4, -0.2) is 43.3 Å². The van der Waals surface area contributed by atoms with Crippen molar-refractivity contribution in [2.24, 2.45) is 11.7 Å². The SMILES string of the molecule is COc1cccc(C(O)CN2CCCC(CCN)C2)c1. The van der Waals surface area contributed by atoms with E-state index in [1.165, 1.54) is 12.8 Å². The van der Waals surface area contributed by atoms with Gasteiger partial charge in [0, 0.05) is 13.1 Å². The Bertz CT molecular complexity index is 409. The molecule has 1 aromatic carbocycles. The molecule has 0 radical (unpaired) electrons. The molecule has 1 aromatic rings. The van der Waals surface area contributed by atoms with Gasteiger partial charge in [-0.1, -0.05) is 12.1 Å². The lowest BCUT2D eigenvalue weighted by molar-refractivity contribution is 0.0830. The lowest BCUT2D eigenvalue weighted by atomic mass is 9.94. The van der Waals surface area contributed by atoms with Crippen molar-refractivity contribution in [1.82, 2.24) is 4.90 Å². The molecule has 2 unspecified atom stereocenters. The van der Waals surface area contributed by atoms with E-state index in [4.69, 9.17) is 10.5 Å². The number of nitrogens with two attached hydrogens (primary N) is 1. The highest BCUT2D eigenvalue weighted by Gasteiger charge is 2.21. The van der Waals surface area contributed by atoms with Gasteiger partial charge in [0.05, 0.1) is 13.2 Å². The van der Waals surface area contributed by atoms with Gasteiger partial charge in [0.25, 0.3) is 0 Å². The number of methoxy groups -OCH3 is 1. The number of benzene rings is 1. The Kier molecular flexibility index (Phi) is 5.83. The number of aliphatic hydroxyl groups excluding tert-OH is 1. The maximum atomic E-state index is 10.4. The van der Waals surface area contributed by atoms with Crippen LogP contribution in [0.15, 0.2) is 24.3 Å². The second-order valence-corrected chi connectivity index (χ2v) is 5.64. The second-order valence-electron chi connectivity index (χ2n) is 5.64. The Morgan fingerprint density at radius 1 is 1.50 bits per heavy atom. The van der Waals surface area contributed by atoms with Crippen molar-refractivity contribution in [3.63, 3.8) is 0 Å². The Morgan fingerprint density at radius 3 is 3.10 bits per heavy atom. The largest absolute Gasteiger partial charge is 0.497 e. The van der Waals surface area contributed by atoms with Crippen LogP contribution in [-0.2, 0) is 0 Å². The summed E-state index contributed by atoms with van der Waals surface area (Å²) in [5, 5.41) is 10.4. The van der Waals surface area contributed by atoms with Gasteiger partial charge in [-0.2, -0.15) is 0 Å². The van der Waals surface area contributed by atoms with E-state index in [-0.39, 0.29) is 0 Å². The van der Waals surface area contributed by atoms with Crippen molar-refractivity contribution in [1.29, 1.82) is 0 Å². The Hall–Kier alpha value is -1.10. The molecule has 1 fully saturated rings. The number of ether oxygens (including phenoxy) is 1. The summed E-state index contributed by atoms with van der Waals surface area (Å²) in [4.78, 5) is 2.36. The molecular weight excluding hydrogens is 252 g/mol. The van der Waals surface area contributed by atoms with Crippen LogP contribution in [0.1, 0.15) is 30.9 Å². The monoisotopic (exact) mass is 278 g/mol.